The summed E-state index contributed by atoms with van der Waals surface area (Å²) in [5, 5.41) is 0. The molecule has 66 valence electrons. The summed E-state index contributed by atoms with van der Waals surface area (Å²) in [6.07, 6.45) is 1.91. The third-order valence-electron chi connectivity index (χ3n) is 1.70. The van der Waals surface area contributed by atoms with Crippen molar-refractivity contribution in [2.45, 2.75) is 19.8 Å². The van der Waals surface area contributed by atoms with Gasteiger partial charge in [-0.3, -0.25) is 4.84 Å². The average molecular weight is 231 g/mol. The number of rotatable bonds is 2. The lowest BCUT2D eigenvalue weighted by molar-refractivity contribution is -0.891. The van der Waals surface area contributed by atoms with Crippen LogP contribution in [0.5, 0.6) is 0 Å². The molecule has 1 heterocycles. The molecule has 12 heavy (non-hydrogen) atoms. The topological polar surface area (TPSA) is 13.1 Å². The van der Waals surface area contributed by atoms with Gasteiger partial charge in [-0.05, 0) is 22.0 Å². The van der Waals surface area contributed by atoms with Crippen LogP contribution in [-0.2, 0) is 0 Å². The normalized spacial score (nSPS) is 10.4. The zero-order valence-corrected chi connectivity index (χ0v) is 9.13. The van der Waals surface area contributed by atoms with E-state index < -0.39 is 0 Å². The first kappa shape index (κ1) is 9.52. The molecule has 1 aromatic heterocycles. The van der Waals surface area contributed by atoms with Crippen molar-refractivity contribution in [3.63, 3.8) is 0 Å². The number of hydrogen-bond acceptors (Lipinski definition) is 1. The highest BCUT2D eigenvalue weighted by atomic mass is 79.9. The SMILES string of the molecule is CO[n+]1cc(Br)ccc1C(C)C. The molecular weight excluding hydrogens is 218 g/mol. The zero-order valence-electron chi connectivity index (χ0n) is 7.54. The second kappa shape index (κ2) is 3.90. The Morgan fingerprint density at radius 2 is 2.08 bits per heavy atom. The third-order valence-corrected chi connectivity index (χ3v) is 2.17. The lowest BCUT2D eigenvalue weighted by atomic mass is 10.1. The first-order chi connectivity index (χ1) is 5.65. The minimum atomic E-state index is 0.470. The lowest BCUT2D eigenvalue weighted by Crippen LogP contribution is -2.44. The summed E-state index contributed by atoms with van der Waals surface area (Å²) >= 11 is 3.39. The second-order valence-electron chi connectivity index (χ2n) is 2.94. The second-order valence-corrected chi connectivity index (χ2v) is 3.85. The molecule has 0 aromatic carbocycles. The van der Waals surface area contributed by atoms with Crippen LogP contribution in [0.2, 0.25) is 0 Å². The van der Waals surface area contributed by atoms with Crippen LogP contribution in [0.1, 0.15) is 25.5 Å². The van der Waals surface area contributed by atoms with Gasteiger partial charge in [0.25, 0.3) is 0 Å². The molecule has 0 aliphatic rings. The molecular formula is C9H13BrNO+. The Labute approximate surface area is 81.3 Å². The van der Waals surface area contributed by atoms with Crippen LogP contribution in [0.4, 0.5) is 0 Å². The molecule has 0 fully saturated rings. The lowest BCUT2D eigenvalue weighted by Gasteiger charge is -2.02. The fourth-order valence-corrected chi connectivity index (χ4v) is 1.39. The quantitative estimate of drug-likeness (QED) is 0.708. The van der Waals surface area contributed by atoms with Crippen molar-refractivity contribution in [3.8, 4) is 0 Å². The smallest absolute Gasteiger partial charge is 0.236 e. The molecule has 0 bridgehead atoms. The summed E-state index contributed by atoms with van der Waals surface area (Å²) in [5.74, 6) is 0.470. The molecule has 0 aliphatic heterocycles. The van der Waals surface area contributed by atoms with E-state index >= 15 is 0 Å². The fraction of sp³-hybridized carbons (Fsp3) is 0.444. The first-order valence-electron chi connectivity index (χ1n) is 3.90. The average Bonchev–Trinajstić information content (AvgIpc) is 2.03. The van der Waals surface area contributed by atoms with Gasteiger partial charge >= 0.3 is 0 Å². The maximum Gasteiger partial charge on any atom is 0.236 e. The minimum Gasteiger partial charge on any atom is -0.274 e. The van der Waals surface area contributed by atoms with Crippen LogP contribution in [0.3, 0.4) is 0 Å². The van der Waals surface area contributed by atoms with Gasteiger partial charge in [0.1, 0.15) is 7.11 Å². The summed E-state index contributed by atoms with van der Waals surface area (Å²) < 4.78 is 2.79. The summed E-state index contributed by atoms with van der Waals surface area (Å²) in [5.41, 5.74) is 1.17. The van der Waals surface area contributed by atoms with Crippen LogP contribution >= 0.6 is 15.9 Å². The molecule has 1 aromatic rings. The molecule has 3 heteroatoms. The highest BCUT2D eigenvalue weighted by Crippen LogP contribution is 2.12. The number of pyridine rings is 1. The maximum atomic E-state index is 5.17. The van der Waals surface area contributed by atoms with Crippen molar-refractivity contribution >= 4 is 15.9 Å². The van der Waals surface area contributed by atoms with Crippen molar-refractivity contribution in [1.29, 1.82) is 0 Å². The minimum absolute atomic E-state index is 0.470. The van der Waals surface area contributed by atoms with Crippen LogP contribution in [0, 0.1) is 0 Å². The Morgan fingerprint density at radius 1 is 1.42 bits per heavy atom. The van der Waals surface area contributed by atoms with Crippen molar-refractivity contribution in [2.75, 3.05) is 7.11 Å². The Morgan fingerprint density at radius 3 is 2.58 bits per heavy atom. The number of nitrogens with zero attached hydrogens (tertiary/aromatic N) is 1. The van der Waals surface area contributed by atoms with Gasteiger partial charge in [0.2, 0.25) is 11.9 Å². The predicted octanol–water partition coefficient (Wildman–Crippen LogP) is 1.92. The van der Waals surface area contributed by atoms with Gasteiger partial charge in [-0.2, -0.15) is 0 Å². The van der Waals surface area contributed by atoms with Gasteiger partial charge in [0.05, 0.1) is 4.47 Å². The third kappa shape index (κ3) is 1.97. The van der Waals surface area contributed by atoms with Crippen molar-refractivity contribution in [3.05, 3.63) is 28.5 Å². The first-order valence-corrected chi connectivity index (χ1v) is 4.70. The van der Waals surface area contributed by atoms with E-state index in [0.717, 1.165) is 4.47 Å². The molecule has 0 atom stereocenters. The molecule has 0 amide bonds. The number of hydrogen-bond donors (Lipinski definition) is 0. The van der Waals surface area contributed by atoms with Crippen LogP contribution in [0.25, 0.3) is 0 Å². The van der Waals surface area contributed by atoms with E-state index in [1.165, 1.54) is 5.69 Å². The molecule has 0 aliphatic carbocycles. The molecule has 0 spiro atoms. The van der Waals surface area contributed by atoms with Gasteiger partial charge in [-0.15, -0.1) is 0 Å². The monoisotopic (exact) mass is 230 g/mol. The van der Waals surface area contributed by atoms with Crippen molar-refractivity contribution < 1.29 is 9.57 Å². The van der Waals surface area contributed by atoms with Crippen LogP contribution in [0.15, 0.2) is 22.8 Å². The van der Waals surface area contributed by atoms with E-state index in [-0.39, 0.29) is 0 Å². The van der Waals surface area contributed by atoms with Crippen LogP contribution in [-0.4, -0.2) is 7.11 Å². The zero-order chi connectivity index (χ0) is 9.14. The van der Waals surface area contributed by atoms with E-state index in [9.17, 15) is 0 Å². The summed E-state index contributed by atoms with van der Waals surface area (Å²) in [6, 6.07) is 4.07. The number of aromatic nitrogens is 1. The largest absolute Gasteiger partial charge is 0.274 e. The highest BCUT2D eigenvalue weighted by molar-refractivity contribution is 9.10. The molecule has 0 radical (unpaired) electrons. The Balaban J connectivity index is 3.11. The van der Waals surface area contributed by atoms with Gasteiger partial charge in [-0.1, -0.05) is 13.8 Å². The Bertz CT molecular complexity index is 273. The maximum absolute atomic E-state index is 5.17. The molecule has 0 N–H and O–H groups in total. The van der Waals surface area contributed by atoms with Gasteiger partial charge in [0.15, 0.2) is 0 Å². The molecule has 0 saturated heterocycles. The summed E-state index contributed by atoms with van der Waals surface area (Å²) in [6.45, 7) is 4.28. The summed E-state index contributed by atoms with van der Waals surface area (Å²) in [4.78, 5) is 5.17. The number of halogens is 1. The van der Waals surface area contributed by atoms with Crippen LogP contribution < -0.4 is 9.57 Å². The highest BCUT2D eigenvalue weighted by Gasteiger charge is 2.15. The Kier molecular flexibility index (Phi) is 3.09. The molecule has 0 saturated carbocycles. The van der Waals surface area contributed by atoms with Gasteiger partial charge in [-0.25, -0.2) is 0 Å². The van der Waals surface area contributed by atoms with Crippen molar-refractivity contribution in [2.24, 2.45) is 0 Å². The van der Waals surface area contributed by atoms with E-state index in [0.29, 0.717) is 5.92 Å². The fourth-order valence-electron chi connectivity index (χ4n) is 1.07. The Hall–Kier alpha value is -0.570. The molecule has 0 unspecified atom stereocenters. The van der Waals surface area contributed by atoms with E-state index in [1.807, 2.05) is 12.3 Å². The summed E-state index contributed by atoms with van der Waals surface area (Å²) in [7, 11) is 1.66. The standard InChI is InChI=1S/C9H13BrNO/c1-7(2)9-5-4-8(10)6-11(9)12-3/h4-7H,1-3H3/q+1. The van der Waals surface area contributed by atoms with E-state index in [2.05, 4.69) is 35.8 Å². The van der Waals surface area contributed by atoms with E-state index in [1.54, 1.807) is 11.8 Å². The van der Waals surface area contributed by atoms with Crippen molar-refractivity contribution in [1.82, 2.24) is 0 Å². The molecule has 1 rings (SSSR count). The van der Waals surface area contributed by atoms with Gasteiger partial charge < -0.3 is 0 Å². The van der Waals surface area contributed by atoms with E-state index in [4.69, 9.17) is 4.84 Å². The molecule has 2 nitrogen and oxygen atoms in total. The predicted molar refractivity (Wildman–Crippen MR) is 50.9 cm³/mol. The van der Waals surface area contributed by atoms with Gasteiger partial charge in [0, 0.05) is 16.7 Å².